The van der Waals surface area contributed by atoms with Gasteiger partial charge in [-0.25, -0.2) is 4.99 Å². The zero-order chi connectivity index (χ0) is 22.6. The molecule has 0 spiro atoms. The quantitative estimate of drug-likeness (QED) is 0.603. The average Bonchev–Trinajstić information content (AvgIpc) is 3.19. The van der Waals surface area contributed by atoms with Gasteiger partial charge >= 0.3 is 0 Å². The molecule has 0 radical (unpaired) electrons. The zero-order valence-electron chi connectivity index (χ0n) is 18.5. The third-order valence-corrected chi connectivity index (χ3v) is 5.13. The normalized spacial score (nSPS) is 19.8. The van der Waals surface area contributed by atoms with Crippen LogP contribution in [0.2, 0.25) is 0 Å². The number of rotatable bonds is 3. The van der Waals surface area contributed by atoms with Crippen LogP contribution in [0.4, 0.5) is 0 Å². The van der Waals surface area contributed by atoms with Crippen molar-refractivity contribution in [1.82, 2.24) is 5.32 Å². The molecule has 0 aliphatic carbocycles. The Bertz CT molecular complexity index is 1170. The number of amides is 1. The molecule has 0 bridgehead atoms. The third kappa shape index (κ3) is 4.43. The van der Waals surface area contributed by atoms with E-state index >= 15 is 0 Å². The number of hydrogen-bond donors (Lipinski definition) is 1. The summed E-state index contributed by atoms with van der Waals surface area (Å²) in [4.78, 5) is 18.7. The minimum Gasteiger partial charge on any atom is -0.460 e. The fourth-order valence-corrected chi connectivity index (χ4v) is 3.73. The van der Waals surface area contributed by atoms with Crippen LogP contribution < -0.4 is 5.32 Å². The molecule has 0 fully saturated rings. The Balaban J connectivity index is 1.88. The second-order valence-electron chi connectivity index (χ2n) is 8.78. The summed E-state index contributed by atoms with van der Waals surface area (Å²) in [5.41, 5.74) is 0.740. The molecule has 3 aromatic carbocycles. The van der Waals surface area contributed by atoms with Gasteiger partial charge in [-0.2, -0.15) is 0 Å². The highest BCUT2D eigenvalue weighted by molar-refractivity contribution is 6.01. The molecule has 0 saturated carbocycles. The van der Waals surface area contributed by atoms with Crippen LogP contribution in [0, 0.1) is 11.8 Å². The van der Waals surface area contributed by atoms with Gasteiger partial charge in [-0.1, -0.05) is 84.8 Å². The number of ether oxygens (including phenoxy) is 1. The van der Waals surface area contributed by atoms with Crippen LogP contribution in [0.1, 0.15) is 43.6 Å². The van der Waals surface area contributed by atoms with E-state index in [1.54, 1.807) is 0 Å². The summed E-state index contributed by atoms with van der Waals surface area (Å²) in [6.45, 7) is 5.87. The molecule has 4 nitrogen and oxygen atoms in total. The van der Waals surface area contributed by atoms with Crippen LogP contribution >= 0.6 is 0 Å². The second-order valence-corrected chi connectivity index (χ2v) is 8.78. The van der Waals surface area contributed by atoms with E-state index in [1.165, 1.54) is 0 Å². The van der Waals surface area contributed by atoms with Crippen LogP contribution in [-0.2, 0) is 15.1 Å². The van der Waals surface area contributed by atoms with Crippen LogP contribution in [0.25, 0.3) is 0 Å². The average molecular weight is 423 g/mol. The minimum absolute atomic E-state index is 0.221. The lowest BCUT2D eigenvalue weighted by atomic mass is 9.80. The Labute approximate surface area is 189 Å². The van der Waals surface area contributed by atoms with Gasteiger partial charge in [0.05, 0.1) is 0 Å². The predicted octanol–water partition coefficient (Wildman–Crippen LogP) is 5.02. The molecule has 0 unspecified atom stereocenters. The first-order valence-electron chi connectivity index (χ1n) is 10.7. The van der Waals surface area contributed by atoms with Gasteiger partial charge in [-0.15, -0.1) is 0 Å². The maximum atomic E-state index is 13.8. The topological polar surface area (TPSA) is 50.7 Å². The van der Waals surface area contributed by atoms with E-state index in [4.69, 9.17) is 9.73 Å². The number of benzene rings is 3. The number of hydrogen-bond acceptors (Lipinski definition) is 3. The maximum Gasteiger partial charge on any atom is 0.266 e. The largest absolute Gasteiger partial charge is 0.460 e. The number of nitrogens with one attached hydrogen (secondary N) is 1. The first-order chi connectivity index (χ1) is 15.4. The van der Waals surface area contributed by atoms with Crippen molar-refractivity contribution >= 4 is 11.8 Å². The second kappa shape index (κ2) is 8.72. The first kappa shape index (κ1) is 21.4. The molecule has 1 heterocycles. The van der Waals surface area contributed by atoms with Crippen LogP contribution in [0.15, 0.2) is 96.0 Å². The number of carbonyl (C=O) groups is 1. The van der Waals surface area contributed by atoms with Crippen molar-refractivity contribution in [2.75, 3.05) is 0 Å². The number of nitrogens with zero attached hydrogens (tertiary/aromatic N) is 1. The van der Waals surface area contributed by atoms with Crippen molar-refractivity contribution in [2.24, 2.45) is 4.99 Å². The smallest absolute Gasteiger partial charge is 0.266 e. The molecule has 0 saturated heterocycles. The van der Waals surface area contributed by atoms with Gasteiger partial charge in [0, 0.05) is 11.1 Å². The number of aliphatic imine (C=N–C) groups is 1. The lowest BCUT2D eigenvalue weighted by Crippen LogP contribution is -2.52. The van der Waals surface area contributed by atoms with Crippen molar-refractivity contribution in [3.05, 3.63) is 108 Å². The molecule has 2 atom stereocenters. The van der Waals surface area contributed by atoms with E-state index in [0.29, 0.717) is 0 Å². The van der Waals surface area contributed by atoms with E-state index in [-0.39, 0.29) is 11.8 Å². The highest BCUT2D eigenvalue weighted by Gasteiger charge is 2.54. The third-order valence-electron chi connectivity index (χ3n) is 5.13. The van der Waals surface area contributed by atoms with Gasteiger partial charge in [0.15, 0.2) is 6.10 Å². The monoisotopic (exact) mass is 422 g/mol. The lowest BCUT2D eigenvalue weighted by Gasteiger charge is -2.34. The van der Waals surface area contributed by atoms with Crippen LogP contribution in [0.3, 0.4) is 0 Å². The molecular weight excluding hydrogens is 396 g/mol. The highest BCUT2D eigenvalue weighted by atomic mass is 16.5. The van der Waals surface area contributed by atoms with Gasteiger partial charge in [-0.05, 0) is 50.0 Å². The molecule has 32 heavy (non-hydrogen) atoms. The van der Waals surface area contributed by atoms with E-state index in [0.717, 1.165) is 16.7 Å². The molecule has 0 aromatic heterocycles. The lowest BCUT2D eigenvalue weighted by molar-refractivity contribution is -0.130. The van der Waals surface area contributed by atoms with Crippen molar-refractivity contribution < 1.29 is 9.53 Å². The molecule has 160 valence electrons. The summed E-state index contributed by atoms with van der Waals surface area (Å²) in [5.74, 6) is 6.16. The summed E-state index contributed by atoms with van der Waals surface area (Å²) < 4.78 is 6.29. The highest BCUT2D eigenvalue weighted by Crippen LogP contribution is 2.46. The molecule has 4 rings (SSSR count). The molecule has 1 aliphatic rings. The van der Waals surface area contributed by atoms with E-state index in [2.05, 4.69) is 17.2 Å². The number of carbonyl (C=O) groups excluding carboxylic acids is 1. The van der Waals surface area contributed by atoms with Gasteiger partial charge in [-0.3, -0.25) is 4.79 Å². The fourth-order valence-electron chi connectivity index (χ4n) is 3.73. The van der Waals surface area contributed by atoms with Crippen molar-refractivity contribution in [3.63, 3.8) is 0 Å². The maximum absolute atomic E-state index is 13.8. The van der Waals surface area contributed by atoms with Crippen LogP contribution in [-0.4, -0.2) is 17.3 Å². The van der Waals surface area contributed by atoms with Crippen molar-refractivity contribution in [3.8, 4) is 11.8 Å². The Kier molecular flexibility index (Phi) is 5.83. The zero-order valence-corrected chi connectivity index (χ0v) is 18.5. The van der Waals surface area contributed by atoms with Gasteiger partial charge in [0.1, 0.15) is 0 Å². The van der Waals surface area contributed by atoms with E-state index in [1.807, 2.05) is 112 Å². The summed E-state index contributed by atoms with van der Waals surface area (Å²) in [7, 11) is 0. The van der Waals surface area contributed by atoms with Crippen molar-refractivity contribution in [1.29, 1.82) is 0 Å². The minimum atomic E-state index is -1.30. The molecule has 1 N–H and O–H groups in total. The van der Waals surface area contributed by atoms with Crippen LogP contribution in [0.5, 0.6) is 0 Å². The Morgan fingerprint density at radius 1 is 0.875 bits per heavy atom. The molecule has 4 heteroatoms. The first-order valence-corrected chi connectivity index (χ1v) is 10.7. The molecule has 1 aliphatic heterocycles. The van der Waals surface area contributed by atoms with Gasteiger partial charge < -0.3 is 10.1 Å². The summed E-state index contributed by atoms with van der Waals surface area (Å²) in [6, 6.07) is 28.9. The van der Waals surface area contributed by atoms with Crippen molar-refractivity contribution in [2.45, 2.75) is 38.0 Å². The Morgan fingerprint density at radius 2 is 1.44 bits per heavy atom. The van der Waals surface area contributed by atoms with E-state index < -0.39 is 17.2 Å². The molecule has 1 amide bonds. The SMILES string of the molecule is CC(C)(C)NC(=O)[C@]1(c2ccccc2)N=C(C#Cc2ccccc2)O[C@H]1c1ccccc1. The summed E-state index contributed by atoms with van der Waals surface area (Å²) in [5, 5.41) is 3.12. The molecular formula is C28H26N2O2. The molecule has 3 aromatic rings. The van der Waals surface area contributed by atoms with Gasteiger partial charge in [0.2, 0.25) is 5.54 Å². The van der Waals surface area contributed by atoms with E-state index in [9.17, 15) is 4.79 Å². The van der Waals surface area contributed by atoms with Gasteiger partial charge in [0.25, 0.3) is 11.8 Å². The predicted molar refractivity (Wildman–Crippen MR) is 127 cm³/mol. The Morgan fingerprint density at radius 3 is 2.03 bits per heavy atom. The summed E-state index contributed by atoms with van der Waals surface area (Å²) in [6.07, 6.45) is -0.645. The Hall–Kier alpha value is -3.84. The fraction of sp³-hybridized carbons (Fsp3) is 0.214. The standard InChI is InChI=1S/C28H26N2O2/c1-27(2,3)30-26(31)28(23-17-11-6-12-18-23)25(22-15-9-5-10-16-22)32-24(29-28)20-19-21-13-7-4-8-14-21/h4-18,25H,1-3H3,(H,30,31)/t25-,28+/m0/s1. The summed E-state index contributed by atoms with van der Waals surface area (Å²) >= 11 is 0.